The molecule has 0 radical (unpaired) electrons. The van der Waals surface area contributed by atoms with Gasteiger partial charge in [0.2, 0.25) is 0 Å². The number of nitrogens with zero attached hydrogens (tertiary/aromatic N) is 5. The molecule has 4 rings (SSSR count). The molecular weight excluding hydrogens is 420 g/mol. The molecule has 3 heterocycles. The third-order valence-electron chi connectivity index (χ3n) is 8.32. The van der Waals surface area contributed by atoms with Crippen LogP contribution in [0.5, 0.6) is 0 Å². The topological polar surface area (TPSA) is 28.2 Å². The van der Waals surface area contributed by atoms with Crippen molar-refractivity contribution in [3.63, 3.8) is 0 Å². The number of benzene rings is 1. The number of likely N-dealkylation sites (tertiary alicyclic amines) is 2. The zero-order chi connectivity index (χ0) is 23.8. The molecule has 1 N–H and O–H groups in total. The minimum Gasteiger partial charge on any atom is -0.311 e. The number of hydrogen-bond donors (Lipinski definition) is 1. The smallest absolute Gasteiger partial charge is 0.0236 e. The molecule has 3 atom stereocenters. The fourth-order valence-electron chi connectivity index (χ4n) is 6.11. The van der Waals surface area contributed by atoms with Gasteiger partial charge in [-0.15, -0.1) is 0 Å². The standard InChI is InChI=1S/C28H50N6/c1-30(2)15-20-33-13-8-12-28(33)24-34-14-7-11-27(34)22-29-26(21-25-9-5-4-6-10-25)23-32-18-16-31(3)17-19-32/h4-6,9-10,26-29H,7-8,11-24H2,1-3H3/t26-,27-,28-/m0/s1. The van der Waals surface area contributed by atoms with Crippen LogP contribution in [0.15, 0.2) is 30.3 Å². The highest BCUT2D eigenvalue weighted by atomic mass is 15.3. The Bertz CT molecular complexity index is 689. The average molecular weight is 471 g/mol. The van der Waals surface area contributed by atoms with Crippen LogP contribution in [0.3, 0.4) is 0 Å². The molecule has 3 aliphatic rings. The summed E-state index contributed by atoms with van der Waals surface area (Å²) in [5.74, 6) is 0. The van der Waals surface area contributed by atoms with E-state index in [4.69, 9.17) is 0 Å². The third kappa shape index (κ3) is 8.00. The normalized spacial score (nSPS) is 26.6. The Morgan fingerprint density at radius 3 is 2.35 bits per heavy atom. The highest BCUT2D eigenvalue weighted by Gasteiger charge is 2.31. The summed E-state index contributed by atoms with van der Waals surface area (Å²) in [5, 5.41) is 4.06. The molecule has 192 valence electrons. The molecule has 6 nitrogen and oxygen atoms in total. The quantitative estimate of drug-likeness (QED) is 0.502. The molecule has 0 aliphatic carbocycles. The van der Waals surface area contributed by atoms with Gasteiger partial charge in [-0.05, 0) is 71.9 Å². The molecule has 34 heavy (non-hydrogen) atoms. The van der Waals surface area contributed by atoms with Crippen LogP contribution in [-0.4, -0.2) is 136 Å². The molecule has 0 saturated carbocycles. The lowest BCUT2D eigenvalue weighted by molar-refractivity contribution is 0.134. The summed E-state index contributed by atoms with van der Waals surface area (Å²) in [6.45, 7) is 13.3. The van der Waals surface area contributed by atoms with Crippen molar-refractivity contribution in [1.82, 2.24) is 29.8 Å². The largest absolute Gasteiger partial charge is 0.311 e. The predicted molar refractivity (Wildman–Crippen MR) is 144 cm³/mol. The third-order valence-corrected chi connectivity index (χ3v) is 8.32. The molecule has 0 bridgehead atoms. The number of hydrogen-bond acceptors (Lipinski definition) is 6. The van der Waals surface area contributed by atoms with Crippen molar-refractivity contribution in [1.29, 1.82) is 0 Å². The van der Waals surface area contributed by atoms with Gasteiger partial charge < -0.3 is 15.1 Å². The highest BCUT2D eigenvalue weighted by Crippen LogP contribution is 2.23. The Kier molecular flexibility index (Phi) is 10.2. The minimum absolute atomic E-state index is 0.524. The second-order valence-electron chi connectivity index (χ2n) is 11.3. The van der Waals surface area contributed by atoms with E-state index in [1.54, 1.807) is 0 Å². The van der Waals surface area contributed by atoms with Crippen LogP contribution in [0, 0.1) is 0 Å². The summed E-state index contributed by atoms with van der Waals surface area (Å²) in [4.78, 5) is 13.0. The van der Waals surface area contributed by atoms with Gasteiger partial charge in [0.05, 0.1) is 0 Å². The number of rotatable bonds is 12. The first-order valence-electron chi connectivity index (χ1n) is 13.9. The lowest BCUT2D eigenvalue weighted by Gasteiger charge is -2.36. The van der Waals surface area contributed by atoms with Gasteiger partial charge in [-0.1, -0.05) is 30.3 Å². The van der Waals surface area contributed by atoms with Crippen LogP contribution < -0.4 is 5.32 Å². The summed E-state index contributed by atoms with van der Waals surface area (Å²) in [5.41, 5.74) is 1.46. The first-order valence-corrected chi connectivity index (χ1v) is 13.9. The van der Waals surface area contributed by atoms with Gasteiger partial charge in [-0.2, -0.15) is 0 Å². The fraction of sp³-hybridized carbons (Fsp3) is 0.786. The zero-order valence-corrected chi connectivity index (χ0v) is 22.2. The van der Waals surface area contributed by atoms with Crippen molar-refractivity contribution in [2.75, 3.05) is 93.1 Å². The average Bonchev–Trinajstić information content (AvgIpc) is 3.47. The summed E-state index contributed by atoms with van der Waals surface area (Å²) >= 11 is 0. The number of piperazine rings is 1. The molecule has 3 fully saturated rings. The second kappa shape index (κ2) is 13.3. The summed E-state index contributed by atoms with van der Waals surface area (Å²) < 4.78 is 0. The Morgan fingerprint density at radius 1 is 0.912 bits per heavy atom. The molecule has 1 aromatic carbocycles. The van der Waals surface area contributed by atoms with Crippen LogP contribution in [0.2, 0.25) is 0 Å². The molecule has 0 amide bonds. The molecule has 0 aromatic heterocycles. The van der Waals surface area contributed by atoms with E-state index in [-0.39, 0.29) is 0 Å². The highest BCUT2D eigenvalue weighted by molar-refractivity contribution is 5.16. The van der Waals surface area contributed by atoms with Crippen LogP contribution >= 0.6 is 0 Å². The van der Waals surface area contributed by atoms with Crippen molar-refractivity contribution in [3.8, 4) is 0 Å². The van der Waals surface area contributed by atoms with Crippen LogP contribution in [0.25, 0.3) is 0 Å². The van der Waals surface area contributed by atoms with Crippen molar-refractivity contribution < 1.29 is 0 Å². The van der Waals surface area contributed by atoms with Gasteiger partial charge in [-0.25, -0.2) is 0 Å². The summed E-state index contributed by atoms with van der Waals surface area (Å²) in [6, 6.07) is 13.1. The first kappa shape index (κ1) is 26.1. The van der Waals surface area contributed by atoms with Crippen molar-refractivity contribution >= 4 is 0 Å². The van der Waals surface area contributed by atoms with E-state index in [1.807, 2.05) is 0 Å². The van der Waals surface area contributed by atoms with Crippen LogP contribution in [0.4, 0.5) is 0 Å². The van der Waals surface area contributed by atoms with Crippen LogP contribution in [-0.2, 0) is 6.42 Å². The maximum Gasteiger partial charge on any atom is 0.0236 e. The SMILES string of the molecule is CN(C)CCN1CCC[C@H]1CN1CCC[C@H]1CN[C@@H](Cc1ccccc1)CN1CCN(C)CC1. The maximum absolute atomic E-state index is 4.06. The Labute approximate surface area is 209 Å². The molecular formula is C28H50N6. The van der Waals surface area contributed by atoms with Crippen molar-refractivity contribution in [2.45, 2.75) is 50.2 Å². The van der Waals surface area contributed by atoms with Gasteiger partial charge in [0, 0.05) is 77.0 Å². The van der Waals surface area contributed by atoms with E-state index in [9.17, 15) is 0 Å². The minimum atomic E-state index is 0.524. The van der Waals surface area contributed by atoms with Gasteiger partial charge >= 0.3 is 0 Å². The summed E-state index contributed by atoms with van der Waals surface area (Å²) in [7, 11) is 6.64. The Morgan fingerprint density at radius 2 is 1.62 bits per heavy atom. The van der Waals surface area contributed by atoms with E-state index < -0.39 is 0 Å². The fourth-order valence-corrected chi connectivity index (χ4v) is 6.11. The monoisotopic (exact) mass is 470 g/mol. The van der Waals surface area contributed by atoms with E-state index in [0.717, 1.165) is 25.6 Å². The van der Waals surface area contributed by atoms with Crippen molar-refractivity contribution in [2.24, 2.45) is 0 Å². The van der Waals surface area contributed by atoms with E-state index in [2.05, 4.69) is 81.3 Å². The van der Waals surface area contributed by atoms with E-state index >= 15 is 0 Å². The molecule has 0 spiro atoms. The molecule has 0 unspecified atom stereocenters. The van der Waals surface area contributed by atoms with Crippen molar-refractivity contribution in [3.05, 3.63) is 35.9 Å². The molecule has 3 aliphatic heterocycles. The second-order valence-corrected chi connectivity index (χ2v) is 11.3. The van der Waals surface area contributed by atoms with Gasteiger partial charge in [0.1, 0.15) is 0 Å². The number of likely N-dealkylation sites (N-methyl/N-ethyl adjacent to an activating group) is 2. The maximum atomic E-state index is 4.06. The molecule has 6 heteroatoms. The lowest BCUT2D eigenvalue weighted by atomic mass is 10.0. The van der Waals surface area contributed by atoms with E-state index in [1.165, 1.54) is 90.1 Å². The van der Waals surface area contributed by atoms with Gasteiger partial charge in [0.25, 0.3) is 0 Å². The number of nitrogens with one attached hydrogen (secondary N) is 1. The first-order chi connectivity index (χ1) is 16.6. The zero-order valence-electron chi connectivity index (χ0n) is 22.2. The molecule has 3 saturated heterocycles. The lowest BCUT2D eigenvalue weighted by Crippen LogP contribution is -2.52. The predicted octanol–water partition coefficient (Wildman–Crippen LogP) is 1.93. The van der Waals surface area contributed by atoms with Gasteiger partial charge in [-0.3, -0.25) is 14.7 Å². The Hall–Kier alpha value is -1.02. The summed E-state index contributed by atoms with van der Waals surface area (Å²) in [6.07, 6.45) is 6.59. The van der Waals surface area contributed by atoms with Gasteiger partial charge in [0.15, 0.2) is 0 Å². The van der Waals surface area contributed by atoms with E-state index in [0.29, 0.717) is 12.1 Å². The molecule has 1 aromatic rings. The Balaban J connectivity index is 1.30. The van der Waals surface area contributed by atoms with Crippen LogP contribution in [0.1, 0.15) is 31.2 Å².